The van der Waals surface area contributed by atoms with Crippen LogP contribution in [0.4, 0.5) is 0 Å². The summed E-state index contributed by atoms with van der Waals surface area (Å²) in [6.07, 6.45) is 4.94. The molecule has 0 spiro atoms. The Kier molecular flexibility index (Phi) is 8.17. The van der Waals surface area contributed by atoms with Gasteiger partial charge in [0.1, 0.15) is 11.5 Å². The molecular formula is C36H40N2O2. The maximum atomic E-state index is 5.81. The molecule has 1 heterocycles. The molecule has 4 heteroatoms. The van der Waals surface area contributed by atoms with E-state index < -0.39 is 0 Å². The molecule has 0 unspecified atom stereocenters. The van der Waals surface area contributed by atoms with Gasteiger partial charge in [-0.25, -0.2) is 0 Å². The van der Waals surface area contributed by atoms with Gasteiger partial charge in [-0.1, -0.05) is 97.8 Å². The molecule has 0 amide bonds. The molecule has 1 aliphatic heterocycles. The fourth-order valence-corrected chi connectivity index (χ4v) is 6.91. The Morgan fingerprint density at radius 3 is 1.40 bits per heavy atom. The lowest BCUT2D eigenvalue weighted by Gasteiger charge is -2.46. The average Bonchev–Trinajstić information content (AvgIpc) is 3.01. The number of benzene rings is 4. The Hall–Kier alpha value is -3.60. The molecule has 0 N–H and O–H groups in total. The standard InChI is InChI=1S/C36H40N2O2/c1-39-35-21-11-5-15-29(35)25-37-23-27-13-3-7-17-31(27)32-18-8-4-14-28(32)24-38(34-20-10-9-19-33(34)37)26-30-16-6-12-22-36(30)40-2/h3-8,11-18,21-22,33-34H,9-10,19-20,23-26H2,1-2H3/t33-,34-/m1/s1. The second-order valence-electron chi connectivity index (χ2n) is 11.2. The average molecular weight is 533 g/mol. The van der Waals surface area contributed by atoms with Crippen molar-refractivity contribution in [1.82, 2.24) is 9.80 Å². The molecule has 40 heavy (non-hydrogen) atoms. The summed E-state index contributed by atoms with van der Waals surface area (Å²) in [6.45, 7) is 3.55. The largest absolute Gasteiger partial charge is 0.496 e. The van der Waals surface area contributed by atoms with Gasteiger partial charge in [-0.15, -0.1) is 0 Å². The number of nitrogens with zero attached hydrogens (tertiary/aromatic N) is 2. The monoisotopic (exact) mass is 532 g/mol. The Morgan fingerprint density at radius 2 is 0.950 bits per heavy atom. The summed E-state index contributed by atoms with van der Waals surface area (Å²) in [4.78, 5) is 5.48. The highest BCUT2D eigenvalue weighted by Crippen LogP contribution is 2.38. The van der Waals surface area contributed by atoms with Crippen LogP contribution in [0.15, 0.2) is 97.1 Å². The topological polar surface area (TPSA) is 24.9 Å². The summed E-state index contributed by atoms with van der Waals surface area (Å²) in [7, 11) is 3.57. The van der Waals surface area contributed by atoms with Gasteiger partial charge in [-0.2, -0.15) is 0 Å². The van der Waals surface area contributed by atoms with Gasteiger partial charge >= 0.3 is 0 Å². The fourth-order valence-electron chi connectivity index (χ4n) is 6.91. The molecule has 0 aromatic heterocycles. The predicted octanol–water partition coefficient (Wildman–Crippen LogP) is 7.70. The van der Waals surface area contributed by atoms with Crippen molar-refractivity contribution < 1.29 is 9.47 Å². The number of fused-ring (bicyclic) bond motifs is 4. The zero-order valence-corrected chi connectivity index (χ0v) is 23.8. The van der Waals surface area contributed by atoms with Crippen molar-refractivity contribution >= 4 is 0 Å². The first-order valence-corrected chi connectivity index (χ1v) is 14.6. The Labute approximate surface area is 239 Å². The molecule has 0 bridgehead atoms. The smallest absolute Gasteiger partial charge is 0.123 e. The molecule has 6 rings (SSSR count). The van der Waals surface area contributed by atoms with Crippen molar-refractivity contribution in [2.24, 2.45) is 0 Å². The zero-order chi connectivity index (χ0) is 27.3. The minimum absolute atomic E-state index is 0.437. The summed E-state index contributed by atoms with van der Waals surface area (Å²) in [5.41, 5.74) is 7.98. The molecule has 0 radical (unpaired) electrons. The van der Waals surface area contributed by atoms with E-state index in [9.17, 15) is 0 Å². The van der Waals surface area contributed by atoms with E-state index in [0.717, 1.165) is 37.7 Å². The van der Waals surface area contributed by atoms with E-state index in [-0.39, 0.29) is 0 Å². The summed E-state index contributed by atoms with van der Waals surface area (Å²) < 4.78 is 11.6. The van der Waals surface area contributed by atoms with Crippen molar-refractivity contribution in [2.45, 2.75) is 63.9 Å². The molecule has 206 valence electrons. The highest BCUT2D eigenvalue weighted by Gasteiger charge is 2.36. The number of hydrogen-bond acceptors (Lipinski definition) is 4. The summed E-state index contributed by atoms with van der Waals surface area (Å²) in [5.74, 6) is 1.94. The number of rotatable bonds is 6. The van der Waals surface area contributed by atoms with E-state index in [1.54, 1.807) is 14.2 Å². The van der Waals surface area contributed by atoms with Crippen molar-refractivity contribution in [3.05, 3.63) is 119 Å². The van der Waals surface area contributed by atoms with Crippen LogP contribution in [0.1, 0.15) is 47.9 Å². The number of hydrogen-bond donors (Lipinski definition) is 0. The van der Waals surface area contributed by atoms with E-state index in [1.807, 2.05) is 0 Å². The maximum absolute atomic E-state index is 5.81. The number of ether oxygens (including phenoxy) is 2. The minimum atomic E-state index is 0.437. The second kappa shape index (κ2) is 12.3. The van der Waals surface area contributed by atoms with Gasteiger partial charge in [0.2, 0.25) is 0 Å². The van der Waals surface area contributed by atoms with Gasteiger partial charge in [-0.05, 0) is 47.2 Å². The van der Waals surface area contributed by atoms with Crippen molar-refractivity contribution in [2.75, 3.05) is 14.2 Å². The molecule has 4 aromatic carbocycles. The molecular weight excluding hydrogens is 492 g/mol. The van der Waals surface area contributed by atoms with Crippen LogP contribution in [-0.4, -0.2) is 36.1 Å². The third-order valence-electron chi connectivity index (χ3n) is 8.84. The van der Waals surface area contributed by atoms with E-state index in [4.69, 9.17) is 9.47 Å². The first-order valence-electron chi connectivity index (χ1n) is 14.6. The van der Waals surface area contributed by atoms with Gasteiger partial charge in [0.25, 0.3) is 0 Å². The lowest BCUT2D eigenvalue weighted by atomic mass is 9.85. The van der Waals surface area contributed by atoms with Crippen LogP contribution in [-0.2, 0) is 26.2 Å². The maximum Gasteiger partial charge on any atom is 0.123 e. The highest BCUT2D eigenvalue weighted by molar-refractivity contribution is 5.71. The van der Waals surface area contributed by atoms with Crippen LogP contribution in [0, 0.1) is 0 Å². The molecule has 2 aliphatic rings. The Balaban J connectivity index is 1.48. The predicted molar refractivity (Wildman–Crippen MR) is 162 cm³/mol. The molecule has 0 saturated heterocycles. The van der Waals surface area contributed by atoms with Gasteiger partial charge in [0, 0.05) is 49.4 Å². The van der Waals surface area contributed by atoms with E-state index in [0.29, 0.717) is 12.1 Å². The minimum Gasteiger partial charge on any atom is -0.496 e. The first kappa shape index (κ1) is 26.6. The highest BCUT2D eigenvalue weighted by atomic mass is 16.5. The molecule has 2 atom stereocenters. The van der Waals surface area contributed by atoms with E-state index in [1.165, 1.54) is 59.1 Å². The summed E-state index contributed by atoms with van der Waals surface area (Å²) in [5, 5.41) is 0. The van der Waals surface area contributed by atoms with E-state index in [2.05, 4.69) is 107 Å². The lowest BCUT2D eigenvalue weighted by molar-refractivity contribution is 0.0286. The lowest BCUT2D eigenvalue weighted by Crippen LogP contribution is -2.52. The van der Waals surface area contributed by atoms with Gasteiger partial charge in [-0.3, -0.25) is 9.80 Å². The molecule has 1 fully saturated rings. The molecule has 4 nitrogen and oxygen atoms in total. The van der Waals surface area contributed by atoms with Crippen molar-refractivity contribution in [1.29, 1.82) is 0 Å². The Morgan fingerprint density at radius 1 is 0.550 bits per heavy atom. The molecule has 1 aliphatic carbocycles. The normalized spacial score (nSPS) is 19.6. The molecule has 4 aromatic rings. The van der Waals surface area contributed by atoms with Gasteiger partial charge in [0.05, 0.1) is 14.2 Å². The third-order valence-corrected chi connectivity index (χ3v) is 8.84. The van der Waals surface area contributed by atoms with Crippen LogP contribution in [0.25, 0.3) is 11.1 Å². The quantitative estimate of drug-likeness (QED) is 0.254. The van der Waals surface area contributed by atoms with E-state index >= 15 is 0 Å². The Bertz CT molecular complexity index is 1320. The molecule has 1 saturated carbocycles. The first-order chi connectivity index (χ1) is 19.7. The SMILES string of the molecule is COc1ccccc1CN1Cc2ccccc2-c2ccccc2CN(Cc2ccccc2OC)[C@@H]2CCCC[C@H]21. The third kappa shape index (κ3) is 5.52. The van der Waals surface area contributed by atoms with Crippen LogP contribution in [0.5, 0.6) is 11.5 Å². The van der Waals surface area contributed by atoms with Crippen LogP contribution in [0.3, 0.4) is 0 Å². The zero-order valence-electron chi connectivity index (χ0n) is 23.8. The van der Waals surface area contributed by atoms with Gasteiger partial charge < -0.3 is 9.47 Å². The van der Waals surface area contributed by atoms with Crippen LogP contribution >= 0.6 is 0 Å². The van der Waals surface area contributed by atoms with Crippen molar-refractivity contribution in [3.8, 4) is 22.6 Å². The number of para-hydroxylation sites is 2. The van der Waals surface area contributed by atoms with Crippen LogP contribution in [0.2, 0.25) is 0 Å². The second-order valence-corrected chi connectivity index (χ2v) is 11.2. The summed E-state index contributed by atoms with van der Waals surface area (Å²) >= 11 is 0. The van der Waals surface area contributed by atoms with Gasteiger partial charge in [0.15, 0.2) is 0 Å². The van der Waals surface area contributed by atoms with Crippen molar-refractivity contribution in [3.63, 3.8) is 0 Å². The summed E-state index contributed by atoms with van der Waals surface area (Å²) in [6, 6.07) is 35.9. The van der Waals surface area contributed by atoms with Crippen LogP contribution < -0.4 is 9.47 Å². The number of methoxy groups -OCH3 is 2. The fraction of sp³-hybridized carbons (Fsp3) is 0.333.